The van der Waals surface area contributed by atoms with Gasteiger partial charge < -0.3 is 5.32 Å². The van der Waals surface area contributed by atoms with Crippen LogP contribution in [0, 0.1) is 6.92 Å². The van der Waals surface area contributed by atoms with Crippen molar-refractivity contribution in [2.75, 3.05) is 5.32 Å². The Kier molecular flexibility index (Phi) is 7.14. The zero-order valence-corrected chi connectivity index (χ0v) is 16.3. The van der Waals surface area contributed by atoms with Crippen molar-refractivity contribution in [3.8, 4) is 0 Å². The van der Waals surface area contributed by atoms with E-state index >= 15 is 0 Å². The van der Waals surface area contributed by atoms with E-state index in [1.54, 1.807) is 25.6 Å². The topological polar surface area (TPSA) is 63.2 Å². The van der Waals surface area contributed by atoms with Gasteiger partial charge in [0.25, 0.3) is 0 Å². The largest absolute Gasteiger partial charge is 0.325 e. The summed E-state index contributed by atoms with van der Waals surface area (Å²) in [6.07, 6.45) is 1.09. The lowest BCUT2D eigenvalue weighted by Gasteiger charge is -2.17. The summed E-state index contributed by atoms with van der Waals surface area (Å²) in [5.41, 5.74) is 1.59. The van der Waals surface area contributed by atoms with E-state index < -0.39 is 26.2 Å². The Hall–Kier alpha value is -1.01. The number of aryl methyl sites for hydroxylation is 1. The Labute approximate surface area is 144 Å². The van der Waals surface area contributed by atoms with Gasteiger partial charge in [-0.2, -0.15) is 0 Å². The Balaban J connectivity index is 2.87. The molecular formula is C17H27NO3S2. The van der Waals surface area contributed by atoms with Crippen molar-refractivity contribution in [1.82, 2.24) is 0 Å². The zero-order valence-electron chi connectivity index (χ0n) is 14.7. The molecule has 4 nitrogen and oxygen atoms in total. The molecule has 1 rings (SSSR count). The third kappa shape index (κ3) is 5.24. The highest BCUT2D eigenvalue weighted by Crippen LogP contribution is 2.28. The number of anilines is 1. The molecule has 0 heterocycles. The molecule has 0 fully saturated rings. The molecule has 0 aromatic heterocycles. The standard InChI is InChI=1S/C17H27NO3S2/c1-7-13(5)22-15-8-9-16(12(4)10-15)18-17(19)14(6)23(20,21)11(2)3/h8-11,13-14H,7H2,1-6H3,(H,18,19). The van der Waals surface area contributed by atoms with Gasteiger partial charge in [-0.25, -0.2) is 8.42 Å². The molecule has 1 amide bonds. The number of thioether (sulfide) groups is 1. The fraction of sp³-hybridized carbons (Fsp3) is 0.588. The summed E-state index contributed by atoms with van der Waals surface area (Å²) >= 11 is 1.79. The lowest BCUT2D eigenvalue weighted by atomic mass is 10.2. The molecule has 0 aliphatic carbocycles. The molecule has 2 atom stereocenters. The van der Waals surface area contributed by atoms with Gasteiger partial charge in [-0.1, -0.05) is 13.8 Å². The number of sulfone groups is 1. The molecule has 1 N–H and O–H groups in total. The SMILES string of the molecule is CCC(C)Sc1ccc(NC(=O)C(C)S(=O)(=O)C(C)C)c(C)c1. The molecule has 6 heteroatoms. The number of rotatable bonds is 7. The summed E-state index contributed by atoms with van der Waals surface area (Å²) in [7, 11) is -3.45. The second kappa shape index (κ2) is 8.20. The van der Waals surface area contributed by atoms with Crippen LogP contribution >= 0.6 is 11.8 Å². The van der Waals surface area contributed by atoms with Gasteiger partial charge in [0.1, 0.15) is 5.25 Å². The van der Waals surface area contributed by atoms with Crippen LogP contribution in [-0.2, 0) is 14.6 Å². The molecule has 1 aromatic carbocycles. The molecule has 0 saturated carbocycles. The Morgan fingerprint density at radius 1 is 1.22 bits per heavy atom. The average molecular weight is 358 g/mol. The average Bonchev–Trinajstić information content (AvgIpc) is 2.48. The predicted molar refractivity (Wildman–Crippen MR) is 98.9 cm³/mol. The fourth-order valence-corrected chi connectivity index (χ4v) is 4.15. The summed E-state index contributed by atoms with van der Waals surface area (Å²) in [6, 6.07) is 5.82. The van der Waals surface area contributed by atoms with Crippen LogP contribution in [0.25, 0.3) is 0 Å². The van der Waals surface area contributed by atoms with Crippen molar-refractivity contribution < 1.29 is 13.2 Å². The van der Waals surface area contributed by atoms with Crippen LogP contribution in [0.3, 0.4) is 0 Å². The van der Waals surface area contributed by atoms with Crippen LogP contribution in [-0.4, -0.2) is 30.1 Å². The van der Waals surface area contributed by atoms with E-state index in [1.807, 2.05) is 25.1 Å². The molecule has 0 aliphatic heterocycles. The monoisotopic (exact) mass is 357 g/mol. The summed E-state index contributed by atoms with van der Waals surface area (Å²) in [6.45, 7) is 10.9. The van der Waals surface area contributed by atoms with Gasteiger partial charge in [0.05, 0.1) is 5.25 Å². The van der Waals surface area contributed by atoms with Crippen molar-refractivity contribution in [3.05, 3.63) is 23.8 Å². The van der Waals surface area contributed by atoms with Gasteiger partial charge in [0, 0.05) is 15.8 Å². The van der Waals surface area contributed by atoms with E-state index in [2.05, 4.69) is 19.2 Å². The molecule has 0 aliphatic rings. The Morgan fingerprint density at radius 3 is 2.30 bits per heavy atom. The Morgan fingerprint density at radius 2 is 1.83 bits per heavy atom. The van der Waals surface area contributed by atoms with Crippen LogP contribution in [0.4, 0.5) is 5.69 Å². The number of amides is 1. The van der Waals surface area contributed by atoms with E-state index in [0.717, 1.165) is 16.9 Å². The smallest absolute Gasteiger partial charge is 0.242 e. The maximum absolute atomic E-state index is 12.2. The summed E-state index contributed by atoms with van der Waals surface area (Å²) in [5.74, 6) is -0.482. The van der Waals surface area contributed by atoms with E-state index in [9.17, 15) is 13.2 Å². The van der Waals surface area contributed by atoms with Crippen molar-refractivity contribution in [1.29, 1.82) is 0 Å². The predicted octanol–water partition coefficient (Wildman–Crippen LogP) is 4.04. The lowest BCUT2D eigenvalue weighted by molar-refractivity contribution is -0.115. The maximum atomic E-state index is 12.2. The highest BCUT2D eigenvalue weighted by atomic mass is 32.2. The molecule has 23 heavy (non-hydrogen) atoms. The third-order valence-corrected chi connectivity index (χ3v) is 7.66. The first kappa shape index (κ1) is 20.0. The van der Waals surface area contributed by atoms with Gasteiger partial charge in [0.2, 0.25) is 5.91 Å². The highest BCUT2D eigenvalue weighted by molar-refractivity contribution is 8.00. The summed E-state index contributed by atoms with van der Waals surface area (Å²) in [5, 5.41) is 1.64. The van der Waals surface area contributed by atoms with Gasteiger partial charge in [-0.3, -0.25) is 4.79 Å². The van der Waals surface area contributed by atoms with E-state index in [1.165, 1.54) is 6.92 Å². The van der Waals surface area contributed by atoms with Crippen LogP contribution in [0.5, 0.6) is 0 Å². The van der Waals surface area contributed by atoms with Gasteiger partial charge >= 0.3 is 0 Å². The second-order valence-electron chi connectivity index (χ2n) is 6.08. The molecular weight excluding hydrogens is 330 g/mol. The summed E-state index contributed by atoms with van der Waals surface area (Å²) in [4.78, 5) is 13.4. The fourth-order valence-electron chi connectivity index (χ4n) is 1.96. The minimum absolute atomic E-state index is 0.482. The third-order valence-electron chi connectivity index (χ3n) is 3.89. The quantitative estimate of drug-likeness (QED) is 0.748. The van der Waals surface area contributed by atoms with Gasteiger partial charge in [-0.05, 0) is 57.9 Å². The lowest BCUT2D eigenvalue weighted by Crippen LogP contribution is -2.36. The van der Waals surface area contributed by atoms with Gasteiger partial charge in [0.15, 0.2) is 9.84 Å². The molecule has 130 valence electrons. The van der Waals surface area contributed by atoms with Crippen LogP contribution in [0.1, 0.15) is 46.6 Å². The number of hydrogen-bond donors (Lipinski definition) is 1. The zero-order chi connectivity index (χ0) is 17.8. The van der Waals surface area contributed by atoms with Crippen molar-refractivity contribution in [3.63, 3.8) is 0 Å². The maximum Gasteiger partial charge on any atom is 0.242 e. The van der Waals surface area contributed by atoms with Crippen LogP contribution < -0.4 is 5.32 Å². The van der Waals surface area contributed by atoms with E-state index in [-0.39, 0.29) is 0 Å². The summed E-state index contributed by atoms with van der Waals surface area (Å²) < 4.78 is 24.2. The first-order valence-corrected chi connectivity index (χ1v) is 10.4. The first-order valence-electron chi connectivity index (χ1n) is 7.90. The minimum atomic E-state index is -3.45. The molecule has 1 aromatic rings. The minimum Gasteiger partial charge on any atom is -0.325 e. The number of benzene rings is 1. The van der Waals surface area contributed by atoms with Crippen LogP contribution in [0.2, 0.25) is 0 Å². The highest BCUT2D eigenvalue weighted by Gasteiger charge is 2.30. The number of carbonyl (C=O) groups excluding carboxylic acids is 1. The molecule has 0 radical (unpaired) electrons. The van der Waals surface area contributed by atoms with E-state index in [4.69, 9.17) is 0 Å². The van der Waals surface area contributed by atoms with Crippen molar-refractivity contribution >= 4 is 33.2 Å². The normalized spacial score (nSPS) is 14.6. The van der Waals surface area contributed by atoms with Crippen molar-refractivity contribution in [2.45, 2.75) is 68.6 Å². The molecule has 0 saturated heterocycles. The number of carbonyl (C=O) groups is 1. The van der Waals surface area contributed by atoms with Gasteiger partial charge in [-0.15, -0.1) is 11.8 Å². The number of hydrogen-bond acceptors (Lipinski definition) is 4. The Bertz CT molecular complexity index is 654. The first-order chi connectivity index (χ1) is 10.6. The molecule has 0 spiro atoms. The van der Waals surface area contributed by atoms with Crippen LogP contribution in [0.15, 0.2) is 23.1 Å². The molecule has 2 unspecified atom stereocenters. The number of nitrogens with one attached hydrogen (secondary N) is 1. The second-order valence-corrected chi connectivity index (χ2v) is 10.4. The molecule has 0 bridgehead atoms. The van der Waals surface area contributed by atoms with Crippen molar-refractivity contribution in [2.24, 2.45) is 0 Å². The van der Waals surface area contributed by atoms with E-state index in [0.29, 0.717) is 10.9 Å².